The van der Waals surface area contributed by atoms with E-state index in [1.165, 1.54) is 18.0 Å². The lowest BCUT2D eigenvalue weighted by Gasteiger charge is -2.11. The van der Waals surface area contributed by atoms with Gasteiger partial charge in [0.15, 0.2) is 17.6 Å². The lowest BCUT2D eigenvalue weighted by Crippen LogP contribution is -2.20. The second kappa shape index (κ2) is 12.0. The molecule has 3 aromatic carbocycles. The van der Waals surface area contributed by atoms with Crippen LogP contribution in [0, 0.1) is 13.8 Å². The molecule has 9 nitrogen and oxygen atoms in total. The zero-order chi connectivity index (χ0) is 26.2. The largest absolute Gasteiger partial charge is 0.481 e. The van der Waals surface area contributed by atoms with Crippen LogP contribution in [0.15, 0.2) is 83.1 Å². The lowest BCUT2D eigenvalue weighted by atomic mass is 10.1. The van der Waals surface area contributed by atoms with Crippen molar-refractivity contribution in [2.24, 2.45) is 5.10 Å². The first kappa shape index (κ1) is 25.6. The van der Waals surface area contributed by atoms with Gasteiger partial charge < -0.3 is 9.84 Å². The predicted octanol–water partition coefficient (Wildman–Crippen LogP) is 4.26. The summed E-state index contributed by atoms with van der Waals surface area (Å²) in [6.45, 7) is 3.58. The number of nitrogens with zero attached hydrogens (tertiary/aromatic N) is 4. The number of aryl methyl sites for hydroxylation is 2. The summed E-state index contributed by atoms with van der Waals surface area (Å²) >= 11 is 1.25. The van der Waals surface area contributed by atoms with Gasteiger partial charge in [0, 0.05) is 16.8 Å². The third-order valence-electron chi connectivity index (χ3n) is 5.23. The molecule has 0 unspecified atom stereocenters. The van der Waals surface area contributed by atoms with Crippen molar-refractivity contribution in [3.05, 3.63) is 89.5 Å². The molecule has 10 heteroatoms. The number of nitrogens with one attached hydrogen (secondary N) is 1. The first-order valence-corrected chi connectivity index (χ1v) is 12.4. The zero-order valence-electron chi connectivity index (χ0n) is 20.3. The third kappa shape index (κ3) is 6.83. The molecule has 0 aliphatic rings. The van der Waals surface area contributed by atoms with Gasteiger partial charge in [-0.25, -0.2) is 10.2 Å². The number of rotatable bonds is 10. The molecule has 2 N–H and O–H groups in total. The zero-order valence-corrected chi connectivity index (χ0v) is 21.1. The molecule has 4 rings (SSSR count). The number of benzene rings is 3. The highest BCUT2D eigenvalue weighted by Gasteiger charge is 2.17. The second-order valence-electron chi connectivity index (χ2n) is 8.15. The van der Waals surface area contributed by atoms with Crippen molar-refractivity contribution >= 4 is 29.9 Å². The van der Waals surface area contributed by atoms with Crippen molar-refractivity contribution in [2.75, 3.05) is 12.4 Å². The van der Waals surface area contributed by atoms with Crippen LogP contribution in [-0.4, -0.2) is 50.3 Å². The number of carboxylic acids is 1. The number of hydrogen-bond donors (Lipinski definition) is 2. The highest BCUT2D eigenvalue weighted by molar-refractivity contribution is 7.99. The Morgan fingerprint density at radius 1 is 1.00 bits per heavy atom. The van der Waals surface area contributed by atoms with Crippen molar-refractivity contribution < 1.29 is 19.4 Å². The average Bonchev–Trinajstić information content (AvgIpc) is 3.31. The quantitative estimate of drug-likeness (QED) is 0.184. The van der Waals surface area contributed by atoms with E-state index in [9.17, 15) is 9.59 Å². The van der Waals surface area contributed by atoms with E-state index in [1.54, 1.807) is 24.3 Å². The normalized spacial score (nSPS) is 11.0. The summed E-state index contributed by atoms with van der Waals surface area (Å²) in [6.07, 6.45) is 1.41. The number of carbonyl (C=O) groups is 2. The maximum absolute atomic E-state index is 12.5. The number of aliphatic carboxylic acids is 1. The first-order valence-electron chi connectivity index (χ1n) is 11.4. The number of aromatic nitrogens is 3. The van der Waals surface area contributed by atoms with E-state index in [2.05, 4.69) is 20.7 Å². The molecule has 0 saturated carbocycles. The fourth-order valence-electron chi connectivity index (χ4n) is 3.37. The molecule has 188 valence electrons. The molecule has 0 aliphatic heterocycles. The minimum absolute atomic E-state index is 0.0619. The van der Waals surface area contributed by atoms with Crippen molar-refractivity contribution in [1.29, 1.82) is 0 Å². The van der Waals surface area contributed by atoms with E-state index < -0.39 is 12.6 Å². The van der Waals surface area contributed by atoms with E-state index in [-0.39, 0.29) is 11.7 Å². The number of carbonyl (C=O) groups excluding carboxylic acids is 1. The van der Waals surface area contributed by atoms with Crippen LogP contribution >= 0.6 is 11.8 Å². The van der Waals surface area contributed by atoms with Crippen molar-refractivity contribution in [3.8, 4) is 22.8 Å². The fraction of sp³-hybridized carbons (Fsp3) is 0.148. The van der Waals surface area contributed by atoms with Gasteiger partial charge in [0.05, 0.1) is 12.0 Å². The van der Waals surface area contributed by atoms with Gasteiger partial charge >= 0.3 is 5.97 Å². The van der Waals surface area contributed by atoms with Gasteiger partial charge in [-0.05, 0) is 38.1 Å². The highest BCUT2D eigenvalue weighted by Crippen LogP contribution is 2.28. The number of carboxylic acid groups (broad SMARTS) is 1. The van der Waals surface area contributed by atoms with Crippen molar-refractivity contribution in [2.45, 2.75) is 19.0 Å². The van der Waals surface area contributed by atoms with E-state index in [0.717, 1.165) is 22.4 Å². The van der Waals surface area contributed by atoms with Crippen molar-refractivity contribution in [3.63, 3.8) is 0 Å². The molecule has 37 heavy (non-hydrogen) atoms. The molecule has 0 atom stereocenters. The molecular weight excluding hydrogens is 490 g/mol. The fourth-order valence-corrected chi connectivity index (χ4v) is 4.12. The summed E-state index contributed by atoms with van der Waals surface area (Å²) < 4.78 is 7.18. The molecule has 4 aromatic rings. The number of hydrogen-bond acceptors (Lipinski definition) is 7. The predicted molar refractivity (Wildman–Crippen MR) is 142 cm³/mol. The van der Waals surface area contributed by atoms with Crippen LogP contribution in [0.25, 0.3) is 17.1 Å². The van der Waals surface area contributed by atoms with E-state index in [4.69, 9.17) is 9.84 Å². The van der Waals surface area contributed by atoms with Gasteiger partial charge in [-0.1, -0.05) is 71.4 Å². The van der Waals surface area contributed by atoms with Gasteiger partial charge in [-0.15, -0.1) is 10.2 Å². The maximum atomic E-state index is 12.5. The van der Waals surface area contributed by atoms with E-state index in [1.807, 2.05) is 66.9 Å². The Bertz CT molecular complexity index is 1420. The van der Waals surface area contributed by atoms with Crippen LogP contribution in [0.2, 0.25) is 0 Å². The number of amides is 1. The van der Waals surface area contributed by atoms with Crippen LogP contribution in [0.1, 0.15) is 16.7 Å². The van der Waals surface area contributed by atoms with Gasteiger partial charge in [0.25, 0.3) is 5.91 Å². The summed E-state index contributed by atoms with van der Waals surface area (Å²) in [5.74, 6) is -0.316. The van der Waals surface area contributed by atoms with Crippen LogP contribution in [0.3, 0.4) is 0 Å². The summed E-state index contributed by atoms with van der Waals surface area (Å²) in [5, 5.41) is 22.1. The molecule has 0 aliphatic carbocycles. The van der Waals surface area contributed by atoms with Gasteiger partial charge in [0.1, 0.15) is 5.75 Å². The van der Waals surface area contributed by atoms with E-state index >= 15 is 0 Å². The molecule has 1 aromatic heterocycles. The Balaban J connectivity index is 1.47. The molecule has 0 radical (unpaired) electrons. The van der Waals surface area contributed by atoms with E-state index in [0.29, 0.717) is 22.3 Å². The standard InChI is InChI=1S/C27H25N5O4S/c1-18-7-11-20(12-8-18)26-30-31-27(32(26)22-13-9-19(2)10-14-22)37-17-24(33)29-28-15-21-5-3-4-6-23(21)36-16-25(34)35/h3-15H,16-17H2,1-2H3,(H,29,33)(H,34,35)/b28-15-. The van der Waals surface area contributed by atoms with Crippen molar-refractivity contribution in [1.82, 2.24) is 20.2 Å². The maximum Gasteiger partial charge on any atom is 0.341 e. The Morgan fingerprint density at radius 2 is 1.68 bits per heavy atom. The smallest absolute Gasteiger partial charge is 0.341 e. The number of thioether (sulfide) groups is 1. The molecule has 0 bridgehead atoms. The van der Waals surface area contributed by atoms with Gasteiger partial charge in [0.2, 0.25) is 0 Å². The molecular formula is C27H25N5O4S. The minimum Gasteiger partial charge on any atom is -0.481 e. The summed E-state index contributed by atoms with van der Waals surface area (Å²) in [6, 6.07) is 22.9. The molecule has 0 saturated heterocycles. The molecule has 1 amide bonds. The molecule has 1 heterocycles. The van der Waals surface area contributed by atoms with Crippen LogP contribution in [0.5, 0.6) is 5.75 Å². The Kier molecular flexibility index (Phi) is 8.32. The monoisotopic (exact) mass is 515 g/mol. The number of ether oxygens (including phenoxy) is 1. The van der Waals surface area contributed by atoms with Crippen LogP contribution < -0.4 is 10.2 Å². The Morgan fingerprint density at radius 3 is 2.38 bits per heavy atom. The number of hydrazone groups is 1. The second-order valence-corrected chi connectivity index (χ2v) is 9.09. The highest BCUT2D eigenvalue weighted by atomic mass is 32.2. The van der Waals surface area contributed by atoms with Gasteiger partial charge in [-0.2, -0.15) is 5.10 Å². The average molecular weight is 516 g/mol. The Labute approximate surface area is 218 Å². The minimum atomic E-state index is -1.08. The number of para-hydroxylation sites is 1. The van der Waals surface area contributed by atoms with Crippen LogP contribution in [-0.2, 0) is 9.59 Å². The topological polar surface area (TPSA) is 119 Å². The van der Waals surface area contributed by atoms with Gasteiger partial charge in [-0.3, -0.25) is 9.36 Å². The Hall–Kier alpha value is -4.44. The SMILES string of the molecule is Cc1ccc(-c2nnc(SCC(=O)N/N=C\c3ccccc3OCC(=O)O)n2-c2ccc(C)cc2)cc1. The lowest BCUT2D eigenvalue weighted by molar-refractivity contribution is -0.139. The summed E-state index contributed by atoms with van der Waals surface area (Å²) in [5.41, 5.74) is 7.12. The molecule has 0 fully saturated rings. The van der Waals surface area contributed by atoms with Crippen LogP contribution in [0.4, 0.5) is 0 Å². The third-order valence-corrected chi connectivity index (χ3v) is 6.16. The summed E-state index contributed by atoms with van der Waals surface area (Å²) in [7, 11) is 0. The molecule has 0 spiro atoms. The first-order chi connectivity index (χ1) is 17.9. The summed E-state index contributed by atoms with van der Waals surface area (Å²) in [4.78, 5) is 23.3.